The summed E-state index contributed by atoms with van der Waals surface area (Å²) < 4.78 is 1.94. The Bertz CT molecular complexity index is 974. The number of aliphatic hydroxyl groups is 1. The third-order valence-corrected chi connectivity index (χ3v) is 6.50. The number of nitrogens with zero attached hydrogens (tertiary/aromatic N) is 2. The number of rotatable bonds is 7. The number of aryl methyl sites for hydroxylation is 2. The number of para-hydroxylation sites is 1. The second kappa shape index (κ2) is 7.97. The molecule has 0 saturated heterocycles. The van der Waals surface area contributed by atoms with Gasteiger partial charge < -0.3 is 9.67 Å². The van der Waals surface area contributed by atoms with E-state index in [0.29, 0.717) is 6.54 Å². The second-order valence-corrected chi connectivity index (χ2v) is 8.34. The van der Waals surface area contributed by atoms with Crippen molar-refractivity contribution in [2.24, 2.45) is 0 Å². The van der Waals surface area contributed by atoms with Crippen LogP contribution in [-0.2, 0) is 26.1 Å². The molecule has 1 aromatic carbocycles. The van der Waals surface area contributed by atoms with Crippen LogP contribution in [0.2, 0.25) is 0 Å². The molecular formula is C22H26N2O2S. The van der Waals surface area contributed by atoms with Crippen molar-refractivity contribution in [3.8, 4) is 0 Å². The Balaban J connectivity index is 1.76. The van der Waals surface area contributed by atoms with Gasteiger partial charge in [0.15, 0.2) is 0 Å². The Morgan fingerprint density at radius 1 is 1.26 bits per heavy atom. The maximum atomic E-state index is 12.8. The first-order chi connectivity index (χ1) is 13.2. The van der Waals surface area contributed by atoms with Gasteiger partial charge in [-0.15, -0.1) is 11.3 Å². The molecule has 0 amide bonds. The molecule has 0 saturated carbocycles. The Labute approximate surface area is 163 Å². The summed E-state index contributed by atoms with van der Waals surface area (Å²) in [5.41, 5.74) is 3.55. The van der Waals surface area contributed by atoms with Crippen LogP contribution in [0.25, 0.3) is 10.9 Å². The summed E-state index contributed by atoms with van der Waals surface area (Å²) in [4.78, 5) is 16.4. The molecule has 3 aromatic rings. The highest BCUT2D eigenvalue weighted by atomic mass is 32.1. The van der Waals surface area contributed by atoms with Gasteiger partial charge in [0.1, 0.15) is 0 Å². The molecule has 2 aromatic heterocycles. The standard InChI is InChI=1S/C22H26N2O2S/c1-2-18(15-25)23(14-19-8-5-11-27-19)13-17-12-21(26)24-10-4-7-16-6-3-9-20(17)22(16)24/h3,5-6,8-9,11-12,18,25H,2,4,7,10,13-15H2,1H3/t18-/m1/s1. The van der Waals surface area contributed by atoms with E-state index < -0.39 is 0 Å². The van der Waals surface area contributed by atoms with Crippen LogP contribution in [0.15, 0.2) is 46.6 Å². The number of thiophene rings is 1. The third kappa shape index (κ3) is 3.59. The molecular weight excluding hydrogens is 356 g/mol. The summed E-state index contributed by atoms with van der Waals surface area (Å²) in [6.45, 7) is 4.50. The topological polar surface area (TPSA) is 45.5 Å². The zero-order valence-corrected chi connectivity index (χ0v) is 16.5. The SMILES string of the molecule is CC[C@H](CO)N(Cc1cccs1)Cc1cc(=O)n2c3c(cccc13)CCC2. The molecule has 0 spiro atoms. The number of hydrogen-bond acceptors (Lipinski definition) is 4. The lowest BCUT2D eigenvalue weighted by atomic mass is 9.98. The number of aromatic nitrogens is 1. The molecule has 1 atom stereocenters. The molecule has 5 heteroatoms. The van der Waals surface area contributed by atoms with E-state index in [1.54, 1.807) is 11.3 Å². The molecule has 1 aliphatic heterocycles. The van der Waals surface area contributed by atoms with Crippen molar-refractivity contribution in [2.75, 3.05) is 6.61 Å². The van der Waals surface area contributed by atoms with E-state index in [1.165, 1.54) is 15.8 Å². The van der Waals surface area contributed by atoms with Crippen molar-refractivity contribution in [3.05, 3.63) is 68.1 Å². The first kappa shape index (κ1) is 18.4. The van der Waals surface area contributed by atoms with Gasteiger partial charge in [-0.2, -0.15) is 0 Å². The van der Waals surface area contributed by atoms with Gasteiger partial charge in [0, 0.05) is 42.0 Å². The quantitative estimate of drug-likeness (QED) is 0.676. The maximum absolute atomic E-state index is 12.8. The van der Waals surface area contributed by atoms with Gasteiger partial charge in [0.25, 0.3) is 5.56 Å². The van der Waals surface area contributed by atoms with Crippen LogP contribution >= 0.6 is 11.3 Å². The lowest BCUT2D eigenvalue weighted by Crippen LogP contribution is -2.37. The molecule has 4 rings (SSSR count). The highest BCUT2D eigenvalue weighted by Crippen LogP contribution is 2.27. The number of hydrogen-bond donors (Lipinski definition) is 1. The van der Waals surface area contributed by atoms with Gasteiger partial charge >= 0.3 is 0 Å². The normalized spacial score (nSPS) is 14.8. The zero-order chi connectivity index (χ0) is 18.8. The second-order valence-electron chi connectivity index (χ2n) is 7.31. The Morgan fingerprint density at radius 2 is 2.15 bits per heavy atom. The van der Waals surface area contributed by atoms with E-state index in [2.05, 4.69) is 47.5 Å². The monoisotopic (exact) mass is 382 g/mol. The molecule has 3 heterocycles. The van der Waals surface area contributed by atoms with Gasteiger partial charge in [0.05, 0.1) is 12.1 Å². The zero-order valence-electron chi connectivity index (χ0n) is 15.7. The van der Waals surface area contributed by atoms with Crippen LogP contribution in [0, 0.1) is 0 Å². The highest BCUT2D eigenvalue weighted by Gasteiger charge is 2.21. The van der Waals surface area contributed by atoms with E-state index in [1.807, 2.05) is 10.6 Å². The lowest BCUT2D eigenvalue weighted by molar-refractivity contribution is 0.108. The van der Waals surface area contributed by atoms with Crippen molar-refractivity contribution in [1.29, 1.82) is 0 Å². The van der Waals surface area contributed by atoms with Crippen LogP contribution in [-0.4, -0.2) is 27.2 Å². The minimum absolute atomic E-state index is 0.0840. The highest BCUT2D eigenvalue weighted by molar-refractivity contribution is 7.09. The van der Waals surface area contributed by atoms with E-state index >= 15 is 0 Å². The lowest BCUT2D eigenvalue weighted by Gasteiger charge is -2.30. The van der Waals surface area contributed by atoms with Crippen molar-refractivity contribution >= 4 is 22.2 Å². The average Bonchev–Trinajstić information content (AvgIpc) is 3.19. The largest absolute Gasteiger partial charge is 0.395 e. The number of pyridine rings is 1. The van der Waals surface area contributed by atoms with Crippen LogP contribution in [0.4, 0.5) is 0 Å². The predicted molar refractivity (Wildman–Crippen MR) is 111 cm³/mol. The first-order valence-corrected chi connectivity index (χ1v) is 10.6. The molecule has 0 radical (unpaired) electrons. The van der Waals surface area contributed by atoms with Gasteiger partial charge in [-0.25, -0.2) is 0 Å². The summed E-state index contributed by atoms with van der Waals surface area (Å²) >= 11 is 1.74. The van der Waals surface area contributed by atoms with Crippen molar-refractivity contribution in [2.45, 2.75) is 51.9 Å². The van der Waals surface area contributed by atoms with Crippen LogP contribution in [0.3, 0.4) is 0 Å². The van der Waals surface area contributed by atoms with Crippen LogP contribution in [0.1, 0.15) is 35.8 Å². The van der Waals surface area contributed by atoms with Crippen LogP contribution in [0.5, 0.6) is 0 Å². The van der Waals surface area contributed by atoms with Crippen molar-refractivity contribution in [3.63, 3.8) is 0 Å². The molecule has 27 heavy (non-hydrogen) atoms. The summed E-state index contributed by atoms with van der Waals surface area (Å²) in [6.07, 6.45) is 2.94. The van der Waals surface area contributed by atoms with Gasteiger partial charge in [-0.05, 0) is 41.8 Å². The minimum atomic E-state index is 0.0840. The average molecular weight is 383 g/mol. The summed E-state index contributed by atoms with van der Waals surface area (Å²) in [6, 6.07) is 12.5. The summed E-state index contributed by atoms with van der Waals surface area (Å²) in [7, 11) is 0. The molecule has 0 aliphatic carbocycles. The van der Waals surface area contributed by atoms with E-state index in [4.69, 9.17) is 0 Å². The third-order valence-electron chi connectivity index (χ3n) is 5.64. The fourth-order valence-corrected chi connectivity index (χ4v) is 4.93. The maximum Gasteiger partial charge on any atom is 0.251 e. The molecule has 0 fully saturated rings. The molecule has 1 aliphatic rings. The number of benzene rings is 1. The van der Waals surface area contributed by atoms with E-state index in [9.17, 15) is 9.90 Å². The minimum Gasteiger partial charge on any atom is -0.395 e. The smallest absolute Gasteiger partial charge is 0.251 e. The molecule has 4 nitrogen and oxygen atoms in total. The van der Waals surface area contributed by atoms with Gasteiger partial charge in [0.2, 0.25) is 0 Å². The summed E-state index contributed by atoms with van der Waals surface area (Å²) in [5, 5.41) is 13.2. The molecule has 0 bridgehead atoms. The Hall–Kier alpha value is -1.95. The van der Waals surface area contributed by atoms with Crippen LogP contribution < -0.4 is 5.56 Å². The summed E-state index contributed by atoms with van der Waals surface area (Å²) in [5.74, 6) is 0. The number of aliphatic hydroxyl groups excluding tert-OH is 1. The Kier molecular flexibility index (Phi) is 5.43. The van der Waals surface area contributed by atoms with E-state index in [0.717, 1.165) is 43.4 Å². The molecule has 142 valence electrons. The molecule has 0 unspecified atom stereocenters. The van der Waals surface area contributed by atoms with Crippen molar-refractivity contribution < 1.29 is 5.11 Å². The fourth-order valence-electron chi connectivity index (χ4n) is 4.20. The van der Waals surface area contributed by atoms with Gasteiger partial charge in [-0.3, -0.25) is 9.69 Å². The van der Waals surface area contributed by atoms with Crippen molar-refractivity contribution in [1.82, 2.24) is 9.47 Å². The first-order valence-electron chi connectivity index (χ1n) is 9.73. The van der Waals surface area contributed by atoms with E-state index in [-0.39, 0.29) is 18.2 Å². The predicted octanol–water partition coefficient (Wildman–Crippen LogP) is 3.78. The fraction of sp³-hybridized carbons (Fsp3) is 0.409. The molecule has 1 N–H and O–H groups in total. The van der Waals surface area contributed by atoms with Gasteiger partial charge in [-0.1, -0.05) is 31.2 Å². The Morgan fingerprint density at radius 3 is 2.89 bits per heavy atom.